The van der Waals surface area contributed by atoms with Crippen LogP contribution in [0.1, 0.15) is 54.5 Å². The number of rotatable bonds is 5. The summed E-state index contributed by atoms with van der Waals surface area (Å²) in [4.78, 5) is 2.52. The van der Waals surface area contributed by atoms with Gasteiger partial charge in [-0.15, -0.1) is 0 Å². The van der Waals surface area contributed by atoms with Crippen molar-refractivity contribution in [1.29, 1.82) is 0 Å². The molecule has 0 saturated heterocycles. The Morgan fingerprint density at radius 1 is 0.607 bits per heavy atom. The third-order valence-corrected chi connectivity index (χ3v) is 13.6. The van der Waals surface area contributed by atoms with E-state index in [4.69, 9.17) is 0 Å². The molecular formula is C55H47N. The van der Waals surface area contributed by atoms with Crippen LogP contribution in [0.4, 0.5) is 11.4 Å². The van der Waals surface area contributed by atoms with Crippen LogP contribution in [0.25, 0.3) is 22.3 Å². The highest BCUT2D eigenvalue weighted by Gasteiger charge is 2.38. The van der Waals surface area contributed by atoms with Gasteiger partial charge in [0.25, 0.3) is 0 Å². The summed E-state index contributed by atoms with van der Waals surface area (Å²) < 4.78 is 0. The van der Waals surface area contributed by atoms with E-state index in [1.807, 2.05) is 0 Å². The van der Waals surface area contributed by atoms with Crippen LogP contribution in [0.3, 0.4) is 0 Å². The monoisotopic (exact) mass is 721 g/mol. The molecule has 0 spiro atoms. The highest BCUT2D eigenvalue weighted by molar-refractivity contribution is 5.93. The Hall–Kier alpha value is -5.92. The van der Waals surface area contributed by atoms with Gasteiger partial charge in [-0.05, 0) is 99.2 Å². The maximum atomic E-state index is 2.52. The normalized spacial score (nSPS) is 25.6. The van der Waals surface area contributed by atoms with Gasteiger partial charge in [0.05, 0.1) is 5.69 Å². The van der Waals surface area contributed by atoms with Crippen molar-refractivity contribution in [3.8, 4) is 11.1 Å². The second-order valence-corrected chi connectivity index (χ2v) is 17.0. The fourth-order valence-corrected chi connectivity index (χ4v) is 10.7. The third-order valence-electron chi connectivity index (χ3n) is 13.6. The van der Waals surface area contributed by atoms with E-state index in [9.17, 15) is 0 Å². The first kappa shape index (κ1) is 33.4. The summed E-state index contributed by atoms with van der Waals surface area (Å²) in [5, 5.41) is 0. The average molecular weight is 722 g/mol. The van der Waals surface area contributed by atoms with Gasteiger partial charge in [0.15, 0.2) is 0 Å². The SMILES string of the molecule is CC1(C)c2ccccc2-c2c(N(C3=CCC(C4=CCCc5ccccc54)C=C3)c3ccc(C4=CC5C6=C(C=CC5C=C4)C4C=CC=CC4C=C6)cc3)cccc21. The molecule has 56 heavy (non-hydrogen) atoms. The van der Waals surface area contributed by atoms with E-state index in [1.165, 1.54) is 78.3 Å². The Morgan fingerprint density at radius 2 is 1.34 bits per heavy atom. The number of allylic oxidation sites excluding steroid dienone is 19. The van der Waals surface area contributed by atoms with Gasteiger partial charge in [-0.2, -0.15) is 0 Å². The lowest BCUT2D eigenvalue weighted by Gasteiger charge is -2.37. The number of aryl methyl sites for hydroxylation is 1. The molecule has 4 aromatic carbocycles. The van der Waals surface area contributed by atoms with Crippen LogP contribution in [0.2, 0.25) is 0 Å². The minimum absolute atomic E-state index is 0.0696. The number of hydrogen-bond acceptors (Lipinski definition) is 1. The minimum Gasteiger partial charge on any atom is -0.310 e. The van der Waals surface area contributed by atoms with Gasteiger partial charge < -0.3 is 4.90 Å². The summed E-state index contributed by atoms with van der Waals surface area (Å²) in [6, 6.07) is 34.3. The molecule has 5 atom stereocenters. The topological polar surface area (TPSA) is 3.24 Å². The first-order valence-electron chi connectivity index (χ1n) is 20.7. The molecule has 272 valence electrons. The van der Waals surface area contributed by atoms with E-state index in [2.05, 4.69) is 201 Å². The maximum absolute atomic E-state index is 2.52. The molecule has 1 heteroatoms. The van der Waals surface area contributed by atoms with E-state index in [1.54, 1.807) is 0 Å². The lowest BCUT2D eigenvalue weighted by Crippen LogP contribution is -2.25. The van der Waals surface area contributed by atoms with Gasteiger partial charge in [-0.25, -0.2) is 0 Å². The van der Waals surface area contributed by atoms with Crippen molar-refractivity contribution in [1.82, 2.24) is 0 Å². The lowest BCUT2D eigenvalue weighted by molar-refractivity contribution is 0.567. The van der Waals surface area contributed by atoms with Crippen molar-refractivity contribution in [2.75, 3.05) is 4.90 Å². The van der Waals surface area contributed by atoms with Crippen molar-refractivity contribution < 1.29 is 0 Å². The molecule has 1 nitrogen and oxygen atoms in total. The average Bonchev–Trinajstić information content (AvgIpc) is 3.50. The zero-order valence-electron chi connectivity index (χ0n) is 32.3. The fraction of sp³-hybridized carbons (Fsp3) is 0.200. The second-order valence-electron chi connectivity index (χ2n) is 17.0. The predicted octanol–water partition coefficient (Wildman–Crippen LogP) is 13.6. The molecule has 11 rings (SSSR count). The van der Waals surface area contributed by atoms with Gasteiger partial charge in [0.1, 0.15) is 0 Å². The van der Waals surface area contributed by atoms with Crippen LogP contribution in [0, 0.1) is 29.6 Å². The maximum Gasteiger partial charge on any atom is 0.0543 e. The summed E-state index contributed by atoms with van der Waals surface area (Å²) in [5.41, 5.74) is 19.0. The Bertz CT molecular complexity index is 2600. The zero-order chi connectivity index (χ0) is 37.4. The summed E-state index contributed by atoms with van der Waals surface area (Å²) in [5.74, 6) is 2.03. The Kier molecular flexibility index (Phi) is 7.82. The molecule has 0 N–H and O–H groups in total. The van der Waals surface area contributed by atoms with Crippen LogP contribution in [-0.4, -0.2) is 0 Å². The smallest absolute Gasteiger partial charge is 0.0543 e. The highest BCUT2D eigenvalue weighted by atomic mass is 15.1. The van der Waals surface area contributed by atoms with Crippen LogP contribution >= 0.6 is 0 Å². The Morgan fingerprint density at radius 3 is 2.18 bits per heavy atom. The minimum atomic E-state index is -0.0696. The number of fused-ring (bicyclic) bond motifs is 8. The summed E-state index contributed by atoms with van der Waals surface area (Å²) in [6.07, 6.45) is 39.1. The fourth-order valence-electron chi connectivity index (χ4n) is 10.7. The van der Waals surface area contributed by atoms with Gasteiger partial charge in [0.2, 0.25) is 0 Å². The molecule has 4 aromatic rings. The standard InChI is InChI=1S/C55H47N/c1-55(2)51-18-8-7-16-49(51)54-52(55)19-10-20-53(54)56(43-31-25-39(26-32-43)45-17-9-13-37-11-3-5-14-44(37)45)42-29-23-36(24-30-42)41-22-21-40-28-33-47-46-15-6-4-12-38(46)27-34-48(47)50(40)35-41/h3-8,10-12,14-25,27-35,38-40,46,50H,9,13,26H2,1-2H3. The Balaban J connectivity index is 0.967. The van der Waals surface area contributed by atoms with E-state index < -0.39 is 0 Å². The predicted molar refractivity (Wildman–Crippen MR) is 235 cm³/mol. The molecule has 0 aliphatic heterocycles. The van der Waals surface area contributed by atoms with Crippen molar-refractivity contribution in [3.05, 3.63) is 227 Å². The first-order valence-corrected chi connectivity index (χ1v) is 20.7. The number of nitrogens with zero attached hydrogens (tertiary/aromatic N) is 1. The van der Waals surface area contributed by atoms with Crippen molar-refractivity contribution in [2.24, 2.45) is 29.6 Å². The molecule has 0 saturated carbocycles. The molecule has 7 aliphatic carbocycles. The van der Waals surface area contributed by atoms with E-state index in [0.29, 0.717) is 29.6 Å². The molecule has 7 aliphatic rings. The van der Waals surface area contributed by atoms with Crippen LogP contribution in [0.5, 0.6) is 0 Å². The van der Waals surface area contributed by atoms with Crippen LogP contribution in [-0.2, 0) is 11.8 Å². The molecule has 0 radical (unpaired) electrons. The first-order chi connectivity index (χ1) is 27.5. The largest absolute Gasteiger partial charge is 0.310 e. The molecule has 0 heterocycles. The lowest BCUT2D eigenvalue weighted by atomic mass is 9.67. The van der Waals surface area contributed by atoms with E-state index in [-0.39, 0.29) is 5.41 Å². The third kappa shape index (κ3) is 5.28. The molecule has 0 amide bonds. The number of hydrogen-bond donors (Lipinski definition) is 0. The van der Waals surface area contributed by atoms with Crippen LogP contribution in [0.15, 0.2) is 199 Å². The quantitative estimate of drug-likeness (QED) is 0.198. The number of anilines is 2. The summed E-state index contributed by atoms with van der Waals surface area (Å²) >= 11 is 0. The van der Waals surface area contributed by atoms with Gasteiger partial charge in [0, 0.05) is 52.0 Å². The van der Waals surface area contributed by atoms with Crippen molar-refractivity contribution >= 4 is 22.5 Å². The number of benzene rings is 4. The van der Waals surface area contributed by atoms with Gasteiger partial charge in [-0.1, -0.05) is 172 Å². The highest BCUT2D eigenvalue weighted by Crippen LogP contribution is 2.54. The second kappa shape index (κ2) is 13.1. The van der Waals surface area contributed by atoms with Gasteiger partial charge in [-0.3, -0.25) is 0 Å². The molecule has 5 unspecified atom stereocenters. The van der Waals surface area contributed by atoms with Crippen molar-refractivity contribution in [2.45, 2.75) is 38.5 Å². The molecule has 0 aromatic heterocycles. The molecule has 0 fully saturated rings. The Labute approximate surface area is 332 Å². The molecule has 0 bridgehead atoms. The van der Waals surface area contributed by atoms with E-state index >= 15 is 0 Å². The van der Waals surface area contributed by atoms with Crippen molar-refractivity contribution in [3.63, 3.8) is 0 Å². The zero-order valence-corrected chi connectivity index (χ0v) is 32.3. The molecular weight excluding hydrogens is 675 g/mol. The summed E-state index contributed by atoms with van der Waals surface area (Å²) in [6.45, 7) is 4.75. The van der Waals surface area contributed by atoms with Gasteiger partial charge >= 0.3 is 0 Å². The van der Waals surface area contributed by atoms with E-state index in [0.717, 1.165) is 19.3 Å². The van der Waals surface area contributed by atoms with Crippen LogP contribution < -0.4 is 4.90 Å². The summed E-state index contributed by atoms with van der Waals surface area (Å²) in [7, 11) is 0.